The van der Waals surface area contributed by atoms with Gasteiger partial charge < -0.3 is 10.5 Å². The normalized spacial score (nSPS) is 11.5. The molecule has 5 heteroatoms. The van der Waals surface area contributed by atoms with Gasteiger partial charge in [-0.3, -0.25) is 9.97 Å². The molecule has 1 unspecified atom stereocenters. The average molecular weight is 396 g/mol. The summed E-state index contributed by atoms with van der Waals surface area (Å²) in [6.07, 6.45) is 8.79. The van der Waals surface area contributed by atoms with Crippen LogP contribution in [0, 0.1) is 5.82 Å². The Bertz CT molecular complexity index is 838. The van der Waals surface area contributed by atoms with Gasteiger partial charge in [-0.15, -0.1) is 0 Å². The van der Waals surface area contributed by atoms with E-state index in [1.807, 2.05) is 24.5 Å². The number of pyridine rings is 2. The summed E-state index contributed by atoms with van der Waals surface area (Å²) in [6.45, 7) is 6.81. The van der Waals surface area contributed by atoms with E-state index < -0.39 is 0 Å². The molecule has 0 amide bonds. The van der Waals surface area contributed by atoms with Gasteiger partial charge in [-0.2, -0.15) is 0 Å². The number of aryl methyl sites for hydroxylation is 1. The number of hydrogen-bond donors (Lipinski definition) is 1. The van der Waals surface area contributed by atoms with Gasteiger partial charge in [0, 0.05) is 24.6 Å². The van der Waals surface area contributed by atoms with E-state index in [0.717, 1.165) is 23.3 Å². The van der Waals surface area contributed by atoms with E-state index in [1.165, 1.54) is 17.7 Å². The van der Waals surface area contributed by atoms with Crippen LogP contribution < -0.4 is 10.5 Å². The molecule has 0 aliphatic rings. The minimum Gasteiger partial charge on any atom is -0.490 e. The first-order valence-electron chi connectivity index (χ1n) is 9.94. The summed E-state index contributed by atoms with van der Waals surface area (Å²) in [7, 11) is 0. The number of halogens is 1. The molecular formula is C24H30FN3O. The third-order valence-electron chi connectivity index (χ3n) is 4.40. The molecule has 0 fully saturated rings. The smallest absolute Gasteiger partial charge is 0.137 e. The van der Waals surface area contributed by atoms with Crippen molar-refractivity contribution in [2.45, 2.75) is 45.6 Å². The maximum absolute atomic E-state index is 12.8. The van der Waals surface area contributed by atoms with Gasteiger partial charge in [0.25, 0.3) is 0 Å². The van der Waals surface area contributed by atoms with Crippen LogP contribution in [0.5, 0.6) is 5.75 Å². The van der Waals surface area contributed by atoms with E-state index in [0.29, 0.717) is 18.9 Å². The van der Waals surface area contributed by atoms with Gasteiger partial charge in [-0.1, -0.05) is 39.0 Å². The van der Waals surface area contributed by atoms with Crippen molar-refractivity contribution in [3.8, 4) is 5.75 Å². The van der Waals surface area contributed by atoms with E-state index in [4.69, 9.17) is 10.5 Å². The molecule has 1 atom stereocenters. The molecule has 0 saturated carbocycles. The van der Waals surface area contributed by atoms with E-state index in [9.17, 15) is 4.39 Å². The van der Waals surface area contributed by atoms with Crippen LogP contribution in [0.1, 0.15) is 43.4 Å². The van der Waals surface area contributed by atoms with Crippen molar-refractivity contribution in [1.29, 1.82) is 0 Å². The van der Waals surface area contributed by atoms with Crippen LogP contribution in [0.15, 0.2) is 67.3 Å². The molecular weight excluding hydrogens is 365 g/mol. The summed E-state index contributed by atoms with van der Waals surface area (Å²) < 4.78 is 18.4. The van der Waals surface area contributed by atoms with Gasteiger partial charge >= 0.3 is 0 Å². The van der Waals surface area contributed by atoms with Crippen LogP contribution in [-0.4, -0.2) is 22.6 Å². The number of aromatic nitrogens is 2. The lowest BCUT2D eigenvalue weighted by Crippen LogP contribution is -2.30. The summed E-state index contributed by atoms with van der Waals surface area (Å²) in [4.78, 5) is 8.13. The number of nitrogens with two attached hydrogens (primary N) is 1. The van der Waals surface area contributed by atoms with Crippen LogP contribution in [-0.2, 0) is 12.8 Å². The number of hydrogen-bond acceptors (Lipinski definition) is 4. The standard InChI is InChI=1S/C16H19FN2O.C8H11N/c1-2-12-8-16(10-19-9-12)20-11-15(18)7-13-3-5-14(17)6-4-13;1-7(2)8-4-3-5-9-6-8/h3-6,8-10,15H,2,7,11,18H2,1H3;3-7H,1-2H3. The second kappa shape index (κ2) is 11.9. The summed E-state index contributed by atoms with van der Waals surface area (Å²) >= 11 is 0. The first-order chi connectivity index (χ1) is 14.0. The summed E-state index contributed by atoms with van der Waals surface area (Å²) in [5.41, 5.74) is 9.46. The largest absolute Gasteiger partial charge is 0.490 e. The molecule has 2 heterocycles. The molecule has 0 saturated heterocycles. The molecule has 0 bridgehead atoms. The Morgan fingerprint density at radius 3 is 2.34 bits per heavy atom. The van der Waals surface area contributed by atoms with Crippen LogP contribution >= 0.6 is 0 Å². The zero-order valence-electron chi connectivity index (χ0n) is 17.4. The Morgan fingerprint density at radius 1 is 1.00 bits per heavy atom. The SMILES string of the molecule is CC(C)c1cccnc1.CCc1cncc(OCC(N)Cc2ccc(F)cc2)c1. The number of benzene rings is 1. The van der Waals surface area contributed by atoms with Crippen molar-refractivity contribution >= 4 is 0 Å². The monoisotopic (exact) mass is 395 g/mol. The van der Waals surface area contributed by atoms with Gasteiger partial charge in [0.15, 0.2) is 0 Å². The Morgan fingerprint density at radius 2 is 1.76 bits per heavy atom. The molecule has 0 spiro atoms. The highest BCUT2D eigenvalue weighted by Crippen LogP contribution is 2.13. The molecule has 3 aromatic rings. The van der Waals surface area contributed by atoms with E-state index in [-0.39, 0.29) is 11.9 Å². The second-order valence-electron chi connectivity index (χ2n) is 7.23. The predicted octanol–water partition coefficient (Wildman–Crippen LogP) is 4.94. The predicted molar refractivity (Wildman–Crippen MR) is 116 cm³/mol. The lowest BCUT2D eigenvalue weighted by atomic mass is 10.1. The first-order valence-corrected chi connectivity index (χ1v) is 9.94. The quantitative estimate of drug-likeness (QED) is 0.616. The number of rotatable bonds is 7. The molecule has 0 aliphatic heterocycles. The molecule has 154 valence electrons. The van der Waals surface area contributed by atoms with Crippen molar-refractivity contribution in [3.05, 3.63) is 89.8 Å². The molecule has 1 aromatic carbocycles. The fourth-order valence-electron chi connectivity index (χ4n) is 2.64. The van der Waals surface area contributed by atoms with Crippen molar-refractivity contribution in [1.82, 2.24) is 9.97 Å². The Hall–Kier alpha value is -2.79. The third kappa shape index (κ3) is 8.40. The summed E-state index contributed by atoms with van der Waals surface area (Å²) in [5.74, 6) is 1.10. The molecule has 2 N–H and O–H groups in total. The maximum Gasteiger partial charge on any atom is 0.137 e. The maximum atomic E-state index is 12.8. The van der Waals surface area contributed by atoms with Crippen LogP contribution in [0.4, 0.5) is 4.39 Å². The van der Waals surface area contributed by atoms with Crippen molar-refractivity contribution in [2.24, 2.45) is 5.73 Å². The molecule has 3 rings (SSSR count). The van der Waals surface area contributed by atoms with Crippen LogP contribution in [0.3, 0.4) is 0 Å². The molecule has 0 radical (unpaired) electrons. The Balaban J connectivity index is 0.000000278. The van der Waals surface area contributed by atoms with Crippen molar-refractivity contribution in [2.75, 3.05) is 6.61 Å². The highest BCUT2D eigenvalue weighted by molar-refractivity contribution is 5.23. The fraction of sp³-hybridized carbons (Fsp3) is 0.333. The van der Waals surface area contributed by atoms with Gasteiger partial charge in [-0.25, -0.2) is 4.39 Å². The highest BCUT2D eigenvalue weighted by Gasteiger charge is 2.06. The second-order valence-corrected chi connectivity index (χ2v) is 7.23. The topological polar surface area (TPSA) is 61.0 Å². The Labute approximate surface area is 173 Å². The van der Waals surface area contributed by atoms with E-state index >= 15 is 0 Å². The Kier molecular flexibility index (Phi) is 9.25. The van der Waals surface area contributed by atoms with E-state index in [1.54, 1.807) is 24.5 Å². The minimum absolute atomic E-state index is 0.134. The van der Waals surface area contributed by atoms with E-state index in [2.05, 4.69) is 36.8 Å². The summed E-state index contributed by atoms with van der Waals surface area (Å²) in [6, 6.07) is 12.3. The molecule has 0 aliphatic carbocycles. The van der Waals surface area contributed by atoms with Gasteiger partial charge in [0.05, 0.1) is 6.20 Å². The zero-order valence-corrected chi connectivity index (χ0v) is 17.4. The molecule has 2 aromatic heterocycles. The minimum atomic E-state index is -0.235. The van der Waals surface area contributed by atoms with Gasteiger partial charge in [0.2, 0.25) is 0 Å². The fourth-order valence-corrected chi connectivity index (χ4v) is 2.64. The van der Waals surface area contributed by atoms with Crippen LogP contribution in [0.2, 0.25) is 0 Å². The molecule has 29 heavy (non-hydrogen) atoms. The van der Waals surface area contributed by atoms with Crippen molar-refractivity contribution in [3.63, 3.8) is 0 Å². The number of nitrogens with zero attached hydrogens (tertiary/aromatic N) is 2. The lowest BCUT2D eigenvalue weighted by Gasteiger charge is -2.13. The third-order valence-corrected chi connectivity index (χ3v) is 4.40. The summed E-state index contributed by atoms with van der Waals surface area (Å²) in [5, 5.41) is 0. The lowest BCUT2D eigenvalue weighted by molar-refractivity contribution is 0.286. The average Bonchev–Trinajstić information content (AvgIpc) is 2.75. The highest BCUT2D eigenvalue weighted by atomic mass is 19.1. The molecule has 4 nitrogen and oxygen atoms in total. The first kappa shape index (κ1) is 22.5. The zero-order chi connectivity index (χ0) is 21.1. The van der Waals surface area contributed by atoms with Crippen LogP contribution in [0.25, 0.3) is 0 Å². The number of ether oxygens (including phenoxy) is 1. The van der Waals surface area contributed by atoms with Gasteiger partial charge in [-0.05, 0) is 59.7 Å². The van der Waals surface area contributed by atoms with Gasteiger partial charge in [0.1, 0.15) is 18.2 Å². The van der Waals surface area contributed by atoms with Crippen molar-refractivity contribution < 1.29 is 9.13 Å².